The first-order chi connectivity index (χ1) is 8.70. The Morgan fingerprint density at radius 1 is 1.56 bits per heavy atom. The van der Waals surface area contributed by atoms with Crippen molar-refractivity contribution in [3.05, 3.63) is 17.8 Å². The first-order valence-corrected chi connectivity index (χ1v) is 6.14. The van der Waals surface area contributed by atoms with Gasteiger partial charge in [-0.15, -0.1) is 10.2 Å². The summed E-state index contributed by atoms with van der Waals surface area (Å²) in [5, 5.41) is 16.4. The van der Waals surface area contributed by atoms with Gasteiger partial charge in [-0.1, -0.05) is 0 Å². The summed E-state index contributed by atoms with van der Waals surface area (Å²) >= 11 is 0. The van der Waals surface area contributed by atoms with Gasteiger partial charge in [0.15, 0.2) is 11.5 Å². The van der Waals surface area contributed by atoms with Crippen LogP contribution in [0.4, 0.5) is 5.82 Å². The van der Waals surface area contributed by atoms with Crippen LogP contribution in [0.1, 0.15) is 30.3 Å². The van der Waals surface area contributed by atoms with Gasteiger partial charge in [-0.3, -0.25) is 0 Å². The lowest BCUT2D eigenvalue weighted by molar-refractivity contribution is 0.0524. The van der Waals surface area contributed by atoms with Gasteiger partial charge in [0.05, 0.1) is 6.10 Å². The number of hydrogen-bond donors (Lipinski definition) is 1. The Hall–Kier alpha value is -1.69. The van der Waals surface area contributed by atoms with Gasteiger partial charge in [0.2, 0.25) is 0 Å². The summed E-state index contributed by atoms with van der Waals surface area (Å²) in [6.45, 7) is 4.39. The Morgan fingerprint density at radius 2 is 2.39 bits per heavy atom. The third-order valence-electron chi connectivity index (χ3n) is 2.97. The number of piperidine rings is 1. The molecular weight excluding hydrogens is 234 g/mol. The lowest BCUT2D eigenvalue weighted by Gasteiger charge is -2.32. The summed E-state index contributed by atoms with van der Waals surface area (Å²) in [4.78, 5) is 12.8. The number of ether oxygens (including phenoxy) is 1. The fourth-order valence-electron chi connectivity index (χ4n) is 2.13. The molecule has 2 rings (SSSR count). The Labute approximate surface area is 106 Å². The molecule has 1 atom stereocenters. The van der Waals surface area contributed by atoms with Crippen LogP contribution in [0.5, 0.6) is 0 Å². The molecule has 0 aromatic carbocycles. The highest BCUT2D eigenvalue weighted by molar-refractivity contribution is 5.85. The zero-order valence-corrected chi connectivity index (χ0v) is 10.4. The maximum atomic E-state index is 10.7. The fourth-order valence-corrected chi connectivity index (χ4v) is 2.13. The molecule has 1 N–H and O–H groups in total. The number of carboxylic acid groups (broad SMARTS) is 1. The molecule has 98 valence electrons. The number of anilines is 1. The summed E-state index contributed by atoms with van der Waals surface area (Å²) in [5.41, 5.74) is -0.0304. The first kappa shape index (κ1) is 12.8. The number of carbonyl (C=O) groups is 1. The standard InChI is InChI=1S/C12H17N3O3/c1-2-18-9-4-3-7-15(8-9)11-6-5-10(12(16)17)13-14-11/h5-6,9H,2-4,7-8H2,1H3,(H,16,17). The number of hydrogen-bond acceptors (Lipinski definition) is 5. The minimum absolute atomic E-state index is 0.0304. The lowest BCUT2D eigenvalue weighted by Crippen LogP contribution is -2.40. The minimum atomic E-state index is -1.06. The van der Waals surface area contributed by atoms with Crippen LogP contribution < -0.4 is 4.90 Å². The van der Waals surface area contributed by atoms with Crippen LogP contribution in [-0.4, -0.2) is 47.1 Å². The van der Waals surface area contributed by atoms with Crippen molar-refractivity contribution in [3.63, 3.8) is 0 Å². The molecule has 0 amide bonds. The van der Waals surface area contributed by atoms with Crippen molar-refractivity contribution >= 4 is 11.8 Å². The van der Waals surface area contributed by atoms with E-state index in [1.165, 1.54) is 6.07 Å². The molecule has 18 heavy (non-hydrogen) atoms. The second-order valence-electron chi connectivity index (χ2n) is 4.25. The van der Waals surface area contributed by atoms with Crippen molar-refractivity contribution in [3.8, 4) is 0 Å². The number of aromatic carboxylic acids is 1. The molecule has 0 radical (unpaired) electrons. The molecule has 0 bridgehead atoms. The average molecular weight is 251 g/mol. The summed E-state index contributed by atoms with van der Waals surface area (Å²) in [7, 11) is 0. The van der Waals surface area contributed by atoms with Crippen LogP contribution >= 0.6 is 0 Å². The second-order valence-corrected chi connectivity index (χ2v) is 4.25. The number of aromatic nitrogens is 2. The summed E-state index contributed by atoms with van der Waals surface area (Å²) in [5.74, 6) is -0.343. The van der Waals surface area contributed by atoms with E-state index in [2.05, 4.69) is 15.1 Å². The quantitative estimate of drug-likeness (QED) is 0.866. The van der Waals surface area contributed by atoms with E-state index >= 15 is 0 Å². The molecule has 1 aliphatic heterocycles. The molecule has 0 saturated carbocycles. The van der Waals surface area contributed by atoms with Crippen LogP contribution in [0.2, 0.25) is 0 Å². The van der Waals surface area contributed by atoms with Gasteiger partial charge in [-0.2, -0.15) is 0 Å². The molecule has 6 heteroatoms. The highest BCUT2D eigenvalue weighted by Crippen LogP contribution is 2.18. The highest BCUT2D eigenvalue weighted by Gasteiger charge is 2.21. The molecule has 2 heterocycles. The summed E-state index contributed by atoms with van der Waals surface area (Å²) in [6.07, 6.45) is 2.34. The van der Waals surface area contributed by atoms with E-state index in [1.54, 1.807) is 6.07 Å². The molecule has 1 unspecified atom stereocenters. The molecule has 1 fully saturated rings. The second kappa shape index (κ2) is 5.77. The van der Waals surface area contributed by atoms with Gasteiger partial charge in [0, 0.05) is 19.7 Å². The molecule has 0 spiro atoms. The Kier molecular flexibility index (Phi) is 4.09. The number of nitrogens with zero attached hydrogens (tertiary/aromatic N) is 3. The van der Waals surface area contributed by atoms with Crippen molar-refractivity contribution in [2.24, 2.45) is 0 Å². The molecule has 1 aromatic rings. The number of carboxylic acids is 1. The van der Waals surface area contributed by atoms with Crippen LogP contribution in [0.3, 0.4) is 0 Å². The number of rotatable bonds is 4. The average Bonchev–Trinajstić information content (AvgIpc) is 2.39. The SMILES string of the molecule is CCOC1CCCN(c2ccc(C(=O)O)nn2)C1. The van der Waals surface area contributed by atoms with Crippen LogP contribution in [0, 0.1) is 0 Å². The summed E-state index contributed by atoms with van der Waals surface area (Å²) in [6, 6.07) is 3.18. The zero-order valence-electron chi connectivity index (χ0n) is 10.4. The Bertz CT molecular complexity index is 406. The molecule has 1 aliphatic rings. The van der Waals surface area contributed by atoms with Gasteiger partial charge in [-0.05, 0) is 31.9 Å². The van der Waals surface area contributed by atoms with Gasteiger partial charge in [0.1, 0.15) is 0 Å². The van der Waals surface area contributed by atoms with E-state index in [1.807, 2.05) is 6.92 Å². The van der Waals surface area contributed by atoms with Crippen molar-refractivity contribution < 1.29 is 14.6 Å². The predicted molar refractivity (Wildman–Crippen MR) is 65.9 cm³/mol. The van der Waals surface area contributed by atoms with Crippen LogP contribution in [0.15, 0.2) is 12.1 Å². The zero-order chi connectivity index (χ0) is 13.0. The van der Waals surface area contributed by atoms with Gasteiger partial charge >= 0.3 is 5.97 Å². The van der Waals surface area contributed by atoms with E-state index in [4.69, 9.17) is 9.84 Å². The molecule has 1 saturated heterocycles. The molecular formula is C12H17N3O3. The van der Waals surface area contributed by atoms with E-state index in [9.17, 15) is 4.79 Å². The third-order valence-corrected chi connectivity index (χ3v) is 2.97. The predicted octanol–water partition coefficient (Wildman–Crippen LogP) is 1.18. The van der Waals surface area contributed by atoms with E-state index in [0.717, 1.165) is 25.9 Å². The largest absolute Gasteiger partial charge is 0.476 e. The van der Waals surface area contributed by atoms with Crippen LogP contribution in [0.25, 0.3) is 0 Å². The maximum Gasteiger partial charge on any atom is 0.356 e. The van der Waals surface area contributed by atoms with E-state index < -0.39 is 5.97 Å². The molecule has 6 nitrogen and oxygen atoms in total. The first-order valence-electron chi connectivity index (χ1n) is 6.14. The summed E-state index contributed by atoms with van der Waals surface area (Å²) < 4.78 is 5.61. The van der Waals surface area contributed by atoms with E-state index in [-0.39, 0.29) is 11.8 Å². The van der Waals surface area contributed by atoms with Crippen molar-refractivity contribution in [1.29, 1.82) is 0 Å². The van der Waals surface area contributed by atoms with Crippen LogP contribution in [-0.2, 0) is 4.74 Å². The lowest BCUT2D eigenvalue weighted by atomic mass is 10.1. The Morgan fingerprint density at radius 3 is 3.00 bits per heavy atom. The molecule has 1 aromatic heterocycles. The molecule has 0 aliphatic carbocycles. The highest BCUT2D eigenvalue weighted by atomic mass is 16.5. The maximum absolute atomic E-state index is 10.7. The minimum Gasteiger partial charge on any atom is -0.476 e. The monoisotopic (exact) mass is 251 g/mol. The topological polar surface area (TPSA) is 75.5 Å². The normalized spacial score (nSPS) is 19.8. The van der Waals surface area contributed by atoms with E-state index in [0.29, 0.717) is 12.4 Å². The smallest absolute Gasteiger partial charge is 0.356 e. The van der Waals surface area contributed by atoms with Crippen molar-refractivity contribution in [2.45, 2.75) is 25.9 Å². The van der Waals surface area contributed by atoms with Crippen molar-refractivity contribution in [2.75, 3.05) is 24.6 Å². The van der Waals surface area contributed by atoms with Gasteiger partial charge in [-0.25, -0.2) is 4.79 Å². The van der Waals surface area contributed by atoms with Gasteiger partial charge < -0.3 is 14.7 Å². The fraction of sp³-hybridized carbons (Fsp3) is 0.583. The van der Waals surface area contributed by atoms with Crippen molar-refractivity contribution in [1.82, 2.24) is 10.2 Å². The third kappa shape index (κ3) is 2.95. The Balaban J connectivity index is 2.04. The van der Waals surface area contributed by atoms with Gasteiger partial charge in [0.25, 0.3) is 0 Å².